The lowest BCUT2D eigenvalue weighted by Crippen LogP contribution is -2.36. The smallest absolute Gasteiger partial charge is 0.124 e. The molecule has 3 nitrogen and oxygen atoms in total. The maximum absolute atomic E-state index is 6.09. The van der Waals surface area contributed by atoms with E-state index in [9.17, 15) is 0 Å². The summed E-state index contributed by atoms with van der Waals surface area (Å²) < 4.78 is 11.9. The Labute approximate surface area is 129 Å². The number of benzene rings is 1. The van der Waals surface area contributed by atoms with Crippen molar-refractivity contribution in [2.75, 3.05) is 19.8 Å². The highest BCUT2D eigenvalue weighted by Gasteiger charge is 2.38. The van der Waals surface area contributed by atoms with Gasteiger partial charge in [0.1, 0.15) is 5.75 Å². The zero-order valence-electron chi connectivity index (χ0n) is 13.6. The Morgan fingerprint density at radius 1 is 1.14 bits per heavy atom. The third-order valence-electron chi connectivity index (χ3n) is 3.94. The molecule has 1 aromatic rings. The normalized spacial score (nSPS) is 17.5. The fourth-order valence-electron chi connectivity index (χ4n) is 2.85. The molecule has 0 spiro atoms. The molecule has 1 N–H and O–H groups in total. The van der Waals surface area contributed by atoms with E-state index >= 15 is 0 Å². The lowest BCUT2D eigenvalue weighted by molar-refractivity contribution is 0.0179. The van der Waals surface area contributed by atoms with Gasteiger partial charge in [-0.3, -0.25) is 0 Å². The predicted molar refractivity (Wildman–Crippen MR) is 86.8 cm³/mol. The maximum atomic E-state index is 6.09. The van der Waals surface area contributed by atoms with Crippen molar-refractivity contribution in [3.8, 4) is 5.75 Å². The fourth-order valence-corrected chi connectivity index (χ4v) is 2.85. The summed E-state index contributed by atoms with van der Waals surface area (Å²) in [6, 6.07) is 8.59. The molecule has 0 radical (unpaired) electrons. The van der Waals surface area contributed by atoms with Crippen LogP contribution < -0.4 is 10.1 Å². The van der Waals surface area contributed by atoms with Crippen molar-refractivity contribution >= 4 is 0 Å². The topological polar surface area (TPSA) is 30.5 Å². The van der Waals surface area contributed by atoms with Gasteiger partial charge in [0.05, 0.1) is 18.8 Å². The van der Waals surface area contributed by atoms with Crippen molar-refractivity contribution < 1.29 is 9.47 Å². The molecular weight excluding hydrogens is 262 g/mol. The summed E-state index contributed by atoms with van der Waals surface area (Å²) >= 11 is 0. The van der Waals surface area contributed by atoms with Crippen LogP contribution in [0.3, 0.4) is 0 Å². The molecule has 2 rings (SSSR count). The van der Waals surface area contributed by atoms with E-state index in [2.05, 4.69) is 37.4 Å². The van der Waals surface area contributed by atoms with Gasteiger partial charge in [-0.25, -0.2) is 0 Å². The van der Waals surface area contributed by atoms with Gasteiger partial charge in [0.2, 0.25) is 0 Å². The summed E-state index contributed by atoms with van der Waals surface area (Å²) in [5.74, 6) is 1.67. The molecule has 3 heteroatoms. The molecule has 1 aromatic carbocycles. The van der Waals surface area contributed by atoms with Crippen LogP contribution in [0.4, 0.5) is 0 Å². The van der Waals surface area contributed by atoms with Crippen LogP contribution in [0.5, 0.6) is 5.75 Å². The van der Waals surface area contributed by atoms with E-state index < -0.39 is 0 Å². The van der Waals surface area contributed by atoms with Crippen molar-refractivity contribution in [1.29, 1.82) is 0 Å². The van der Waals surface area contributed by atoms with E-state index in [1.807, 2.05) is 13.0 Å². The minimum absolute atomic E-state index is 0.222. The first-order chi connectivity index (χ1) is 10.3. The first kappa shape index (κ1) is 16.3. The number of hydrogen-bond donors (Lipinski definition) is 1. The third-order valence-corrected chi connectivity index (χ3v) is 3.94. The van der Waals surface area contributed by atoms with Crippen LogP contribution in [-0.2, 0) is 4.74 Å². The molecule has 118 valence electrons. The molecule has 1 fully saturated rings. The lowest BCUT2D eigenvalue weighted by atomic mass is 9.96. The summed E-state index contributed by atoms with van der Waals surface area (Å²) in [6.07, 6.45) is 3.94. The van der Waals surface area contributed by atoms with Gasteiger partial charge in [0.25, 0.3) is 0 Å². The molecule has 0 aromatic heterocycles. The number of rotatable bonds is 10. The van der Waals surface area contributed by atoms with Crippen LogP contribution in [0.25, 0.3) is 0 Å². The van der Waals surface area contributed by atoms with Crippen molar-refractivity contribution in [2.45, 2.75) is 52.2 Å². The molecule has 0 heterocycles. The fraction of sp³-hybridized carbons (Fsp3) is 0.667. The van der Waals surface area contributed by atoms with E-state index in [0.717, 1.165) is 25.3 Å². The van der Waals surface area contributed by atoms with Crippen LogP contribution in [-0.4, -0.2) is 25.9 Å². The highest BCUT2D eigenvalue weighted by molar-refractivity contribution is 5.37. The Balaban J connectivity index is 2.25. The number of nitrogens with one attached hydrogen (secondary N) is 1. The van der Waals surface area contributed by atoms with Crippen molar-refractivity contribution in [3.05, 3.63) is 29.8 Å². The van der Waals surface area contributed by atoms with Crippen LogP contribution in [0, 0.1) is 5.92 Å². The average molecular weight is 291 g/mol. The van der Waals surface area contributed by atoms with Gasteiger partial charge in [-0.1, -0.05) is 25.1 Å². The molecule has 1 saturated carbocycles. The Morgan fingerprint density at radius 2 is 1.90 bits per heavy atom. The summed E-state index contributed by atoms with van der Waals surface area (Å²) in [4.78, 5) is 0. The Kier molecular flexibility index (Phi) is 6.52. The Hall–Kier alpha value is -1.06. The molecule has 1 aliphatic rings. The molecule has 2 atom stereocenters. The summed E-state index contributed by atoms with van der Waals surface area (Å²) in [6.45, 7) is 8.78. The van der Waals surface area contributed by atoms with Gasteiger partial charge >= 0.3 is 0 Å². The molecule has 1 aliphatic carbocycles. The predicted octanol–water partition coefficient (Wildman–Crippen LogP) is 3.94. The molecule has 0 amide bonds. The third kappa shape index (κ3) is 4.45. The van der Waals surface area contributed by atoms with Gasteiger partial charge < -0.3 is 14.8 Å². The highest BCUT2D eigenvalue weighted by atomic mass is 16.5. The summed E-state index contributed by atoms with van der Waals surface area (Å²) in [5.41, 5.74) is 1.23. The van der Waals surface area contributed by atoms with E-state index in [-0.39, 0.29) is 12.1 Å². The maximum Gasteiger partial charge on any atom is 0.124 e. The van der Waals surface area contributed by atoms with Crippen LogP contribution >= 0.6 is 0 Å². The minimum Gasteiger partial charge on any atom is -0.494 e. The Bertz CT molecular complexity index is 417. The van der Waals surface area contributed by atoms with Gasteiger partial charge in [-0.05, 0) is 51.6 Å². The quantitative estimate of drug-likeness (QED) is 0.708. The standard InChI is InChI=1S/C18H29NO2/c1-4-13-19-17(18(21-6-3)14-11-12-14)15-9-7-8-10-16(15)20-5-2/h7-10,14,17-19H,4-6,11-13H2,1-3H3. The zero-order chi connectivity index (χ0) is 15.1. The van der Waals surface area contributed by atoms with Crippen molar-refractivity contribution in [3.63, 3.8) is 0 Å². The van der Waals surface area contributed by atoms with Gasteiger partial charge in [0.15, 0.2) is 0 Å². The molecule has 21 heavy (non-hydrogen) atoms. The van der Waals surface area contributed by atoms with Gasteiger partial charge in [-0.15, -0.1) is 0 Å². The first-order valence-corrected chi connectivity index (χ1v) is 8.38. The van der Waals surface area contributed by atoms with Crippen molar-refractivity contribution in [1.82, 2.24) is 5.32 Å². The number of para-hydroxylation sites is 1. The Morgan fingerprint density at radius 3 is 2.52 bits per heavy atom. The minimum atomic E-state index is 0.222. The number of ether oxygens (including phenoxy) is 2. The highest BCUT2D eigenvalue weighted by Crippen LogP contribution is 2.41. The van der Waals surface area contributed by atoms with Crippen molar-refractivity contribution in [2.24, 2.45) is 5.92 Å². The second-order valence-electron chi connectivity index (χ2n) is 5.66. The monoisotopic (exact) mass is 291 g/mol. The van der Waals surface area contributed by atoms with Crippen LogP contribution in [0.2, 0.25) is 0 Å². The molecule has 0 saturated heterocycles. The van der Waals surface area contributed by atoms with Gasteiger partial charge in [0, 0.05) is 12.2 Å². The lowest BCUT2D eigenvalue weighted by Gasteiger charge is -2.30. The van der Waals surface area contributed by atoms with E-state index in [1.54, 1.807) is 0 Å². The molecule has 2 unspecified atom stereocenters. The average Bonchev–Trinajstić information content (AvgIpc) is 3.33. The summed E-state index contributed by atoms with van der Waals surface area (Å²) in [7, 11) is 0. The number of hydrogen-bond acceptors (Lipinski definition) is 3. The van der Waals surface area contributed by atoms with Crippen LogP contribution in [0.15, 0.2) is 24.3 Å². The SMILES string of the molecule is CCCNC(c1ccccc1OCC)C(OCC)C1CC1. The molecule has 0 aliphatic heterocycles. The van der Waals surface area contributed by atoms with E-state index in [0.29, 0.717) is 12.5 Å². The summed E-state index contributed by atoms with van der Waals surface area (Å²) in [5, 5.41) is 3.69. The second kappa shape index (κ2) is 8.40. The second-order valence-corrected chi connectivity index (χ2v) is 5.66. The zero-order valence-corrected chi connectivity index (χ0v) is 13.6. The van der Waals surface area contributed by atoms with E-state index in [1.165, 1.54) is 18.4 Å². The molecular formula is C18H29NO2. The first-order valence-electron chi connectivity index (χ1n) is 8.38. The van der Waals surface area contributed by atoms with Gasteiger partial charge in [-0.2, -0.15) is 0 Å². The van der Waals surface area contributed by atoms with Crippen LogP contribution in [0.1, 0.15) is 51.6 Å². The largest absolute Gasteiger partial charge is 0.494 e. The van der Waals surface area contributed by atoms with E-state index in [4.69, 9.17) is 9.47 Å². The molecule has 0 bridgehead atoms.